The van der Waals surface area contributed by atoms with E-state index in [-0.39, 0.29) is 12.6 Å². The molecule has 0 N–H and O–H groups in total. The van der Waals surface area contributed by atoms with Crippen LogP contribution in [0, 0.1) is 0 Å². The molecule has 1 aliphatic heterocycles. The van der Waals surface area contributed by atoms with Crippen LogP contribution in [0.4, 0.5) is 0 Å². The van der Waals surface area contributed by atoms with Gasteiger partial charge in [-0.05, 0) is 39.3 Å². The van der Waals surface area contributed by atoms with Crippen LogP contribution in [-0.2, 0) is 18.3 Å². The van der Waals surface area contributed by atoms with Crippen LogP contribution in [0.2, 0.25) is 39.3 Å². The molecule has 16 heavy (non-hydrogen) atoms. The minimum absolute atomic E-state index is 0.354. The summed E-state index contributed by atoms with van der Waals surface area (Å²) in [6.45, 7) is 14.0. The predicted molar refractivity (Wildman–Crippen MR) is 68.3 cm³/mol. The maximum Gasteiger partial charge on any atom is 0.199 e. The molecule has 1 aliphatic rings. The van der Waals surface area contributed by atoms with Gasteiger partial charge in [0.2, 0.25) is 0 Å². The first-order valence-electron chi connectivity index (χ1n) is 5.76. The predicted octanol–water partition coefficient (Wildman–Crippen LogP) is 2.39. The van der Waals surface area contributed by atoms with Gasteiger partial charge in [-0.1, -0.05) is 0 Å². The van der Waals surface area contributed by atoms with Crippen LogP contribution in [0.5, 0.6) is 0 Å². The lowest BCUT2D eigenvalue weighted by molar-refractivity contribution is -0.277. The molecule has 4 nitrogen and oxygen atoms in total. The van der Waals surface area contributed by atoms with Crippen molar-refractivity contribution in [3.8, 4) is 0 Å². The fourth-order valence-electron chi connectivity index (χ4n) is 1.36. The van der Waals surface area contributed by atoms with Gasteiger partial charge in [-0.2, -0.15) is 0 Å². The van der Waals surface area contributed by atoms with Gasteiger partial charge in [-0.15, -0.1) is 0 Å². The molecule has 6 heteroatoms. The molecule has 2 atom stereocenters. The van der Waals surface area contributed by atoms with Crippen molar-refractivity contribution in [3.63, 3.8) is 0 Å². The number of hydrogen-bond donors (Lipinski definition) is 0. The molecule has 0 aromatic heterocycles. The average Bonchev–Trinajstić information content (AvgIpc) is 2.03. The third kappa shape index (κ3) is 5.56. The summed E-state index contributed by atoms with van der Waals surface area (Å²) >= 11 is 0. The van der Waals surface area contributed by atoms with E-state index in [9.17, 15) is 0 Å². The van der Waals surface area contributed by atoms with Gasteiger partial charge < -0.3 is 18.3 Å². The molecule has 0 aliphatic carbocycles. The maximum atomic E-state index is 5.93. The molecule has 1 saturated heterocycles. The molecule has 0 aromatic rings. The van der Waals surface area contributed by atoms with Crippen LogP contribution in [0.3, 0.4) is 0 Å². The normalized spacial score (nSPS) is 28.1. The van der Waals surface area contributed by atoms with Crippen LogP contribution >= 0.6 is 0 Å². The van der Waals surface area contributed by atoms with Gasteiger partial charge in [0.05, 0.1) is 13.2 Å². The van der Waals surface area contributed by atoms with Crippen LogP contribution < -0.4 is 0 Å². The standard InChI is InChI=1S/C10H24O4Si2/c1-15(2,3)13-9-10(12-8-7-11-9)14-16(4,5)6/h9-10H,7-8H2,1-6H3/t9-,10-/m0/s1. The Labute approximate surface area is 100 Å². The van der Waals surface area contributed by atoms with Gasteiger partial charge in [0, 0.05) is 0 Å². The zero-order valence-corrected chi connectivity index (χ0v) is 13.2. The topological polar surface area (TPSA) is 36.9 Å². The van der Waals surface area contributed by atoms with Gasteiger partial charge >= 0.3 is 0 Å². The molecule has 0 amide bonds. The summed E-state index contributed by atoms with van der Waals surface area (Å²) in [4.78, 5) is 0. The Morgan fingerprint density at radius 1 is 0.750 bits per heavy atom. The maximum absolute atomic E-state index is 5.93. The van der Waals surface area contributed by atoms with E-state index in [1.165, 1.54) is 0 Å². The second kappa shape index (κ2) is 5.28. The molecule has 0 spiro atoms. The van der Waals surface area contributed by atoms with E-state index >= 15 is 0 Å². The molecule has 96 valence electrons. The third-order valence-corrected chi connectivity index (χ3v) is 3.69. The molecule has 0 bridgehead atoms. The molecule has 0 radical (unpaired) electrons. The van der Waals surface area contributed by atoms with E-state index in [0.717, 1.165) is 0 Å². The van der Waals surface area contributed by atoms with Gasteiger partial charge in [0.25, 0.3) is 0 Å². The third-order valence-electron chi connectivity index (χ3n) is 1.81. The van der Waals surface area contributed by atoms with E-state index in [1.807, 2.05) is 0 Å². The van der Waals surface area contributed by atoms with E-state index in [1.54, 1.807) is 0 Å². The Kier molecular flexibility index (Phi) is 4.73. The zero-order valence-electron chi connectivity index (χ0n) is 11.2. The SMILES string of the molecule is C[Si](C)(C)O[C@@H]1OCCO[C@H]1O[Si](C)(C)C. The molecule has 0 unspecified atom stereocenters. The smallest absolute Gasteiger partial charge is 0.199 e. The first-order valence-corrected chi connectivity index (χ1v) is 12.6. The molecule has 1 rings (SSSR count). The van der Waals surface area contributed by atoms with Gasteiger partial charge in [-0.3, -0.25) is 0 Å². The molecule has 0 saturated carbocycles. The summed E-state index contributed by atoms with van der Waals surface area (Å²) < 4.78 is 23.0. The van der Waals surface area contributed by atoms with Crippen molar-refractivity contribution < 1.29 is 18.3 Å². The molecule has 0 aromatic carbocycles. The largest absolute Gasteiger partial charge is 0.389 e. The molecular weight excluding hydrogens is 240 g/mol. The molecular formula is C10H24O4Si2. The van der Waals surface area contributed by atoms with E-state index in [4.69, 9.17) is 18.3 Å². The summed E-state index contributed by atoms with van der Waals surface area (Å²) in [6, 6.07) is 0. The summed E-state index contributed by atoms with van der Waals surface area (Å²) in [5.41, 5.74) is 0. The monoisotopic (exact) mass is 264 g/mol. The van der Waals surface area contributed by atoms with Crippen molar-refractivity contribution in [2.24, 2.45) is 0 Å². The van der Waals surface area contributed by atoms with Crippen molar-refractivity contribution in [1.29, 1.82) is 0 Å². The lowest BCUT2D eigenvalue weighted by atomic mass is 10.5. The second-order valence-corrected chi connectivity index (χ2v) is 14.9. The Hall–Kier alpha value is 0.274. The fraction of sp³-hybridized carbons (Fsp3) is 1.00. The Morgan fingerprint density at radius 2 is 1.06 bits per heavy atom. The Morgan fingerprint density at radius 3 is 1.31 bits per heavy atom. The number of hydrogen-bond acceptors (Lipinski definition) is 4. The van der Waals surface area contributed by atoms with Crippen molar-refractivity contribution >= 4 is 16.6 Å². The van der Waals surface area contributed by atoms with Crippen molar-refractivity contribution in [2.45, 2.75) is 51.9 Å². The highest BCUT2D eigenvalue weighted by Gasteiger charge is 2.35. The minimum atomic E-state index is -1.63. The Bertz CT molecular complexity index is 198. The van der Waals surface area contributed by atoms with Crippen LogP contribution in [-0.4, -0.2) is 42.4 Å². The van der Waals surface area contributed by atoms with E-state index in [0.29, 0.717) is 13.2 Å². The second-order valence-electron chi connectivity index (χ2n) is 5.94. The minimum Gasteiger partial charge on any atom is -0.389 e. The Balaban J connectivity index is 2.57. The first-order chi connectivity index (χ1) is 7.17. The zero-order chi connectivity index (χ0) is 12.4. The van der Waals surface area contributed by atoms with E-state index in [2.05, 4.69) is 39.3 Å². The molecule has 1 fully saturated rings. The van der Waals surface area contributed by atoms with Gasteiger partial charge in [0.15, 0.2) is 29.2 Å². The number of rotatable bonds is 4. The lowest BCUT2D eigenvalue weighted by Gasteiger charge is -2.38. The van der Waals surface area contributed by atoms with Gasteiger partial charge in [0.1, 0.15) is 0 Å². The summed E-state index contributed by atoms with van der Waals surface area (Å²) in [5, 5.41) is 0. The van der Waals surface area contributed by atoms with Crippen molar-refractivity contribution in [3.05, 3.63) is 0 Å². The summed E-state index contributed by atoms with van der Waals surface area (Å²) in [7, 11) is -3.26. The fourth-order valence-corrected chi connectivity index (χ4v) is 3.11. The van der Waals surface area contributed by atoms with Crippen molar-refractivity contribution in [2.75, 3.05) is 13.2 Å². The lowest BCUT2D eigenvalue weighted by Crippen LogP contribution is -2.50. The quantitative estimate of drug-likeness (QED) is 0.731. The first kappa shape index (κ1) is 14.3. The average molecular weight is 264 g/mol. The highest BCUT2D eigenvalue weighted by Crippen LogP contribution is 2.21. The van der Waals surface area contributed by atoms with Crippen LogP contribution in [0.25, 0.3) is 0 Å². The van der Waals surface area contributed by atoms with E-state index < -0.39 is 16.6 Å². The summed E-state index contributed by atoms with van der Waals surface area (Å²) in [6.07, 6.45) is -0.709. The number of ether oxygens (including phenoxy) is 2. The van der Waals surface area contributed by atoms with Crippen LogP contribution in [0.15, 0.2) is 0 Å². The summed E-state index contributed by atoms with van der Waals surface area (Å²) in [5.74, 6) is 0. The van der Waals surface area contributed by atoms with Gasteiger partial charge in [-0.25, -0.2) is 0 Å². The highest BCUT2D eigenvalue weighted by molar-refractivity contribution is 6.70. The highest BCUT2D eigenvalue weighted by atomic mass is 28.4. The van der Waals surface area contributed by atoms with Crippen molar-refractivity contribution in [1.82, 2.24) is 0 Å². The van der Waals surface area contributed by atoms with Crippen LogP contribution in [0.1, 0.15) is 0 Å². The molecule has 1 heterocycles.